The monoisotopic (exact) mass is 253 g/mol. The summed E-state index contributed by atoms with van der Waals surface area (Å²) in [6.45, 7) is 1.53. The zero-order valence-corrected chi connectivity index (χ0v) is 10.7. The number of nitrogens with two attached hydrogens (primary N) is 1. The van der Waals surface area contributed by atoms with E-state index in [0.717, 1.165) is 26.1 Å². The van der Waals surface area contributed by atoms with Gasteiger partial charge in [0.15, 0.2) is 11.6 Å². The average molecular weight is 253 g/mol. The van der Waals surface area contributed by atoms with Crippen molar-refractivity contribution in [2.75, 3.05) is 20.3 Å². The third kappa shape index (κ3) is 3.00. The van der Waals surface area contributed by atoms with Crippen LogP contribution in [0.3, 0.4) is 0 Å². The summed E-state index contributed by atoms with van der Waals surface area (Å²) >= 11 is 0. The van der Waals surface area contributed by atoms with Crippen LogP contribution >= 0.6 is 0 Å². The van der Waals surface area contributed by atoms with Gasteiger partial charge in [-0.05, 0) is 36.8 Å². The van der Waals surface area contributed by atoms with Crippen LogP contribution < -0.4 is 10.5 Å². The molecular formula is C14H20FNO2. The first-order chi connectivity index (χ1) is 8.72. The van der Waals surface area contributed by atoms with E-state index in [4.69, 9.17) is 15.2 Å². The average Bonchev–Trinajstić information content (AvgIpc) is 2.42. The van der Waals surface area contributed by atoms with Crippen molar-refractivity contribution in [3.05, 3.63) is 29.6 Å². The van der Waals surface area contributed by atoms with Crippen LogP contribution in [0.15, 0.2) is 18.2 Å². The Balaban J connectivity index is 2.04. The zero-order valence-electron chi connectivity index (χ0n) is 10.7. The normalized spacial score (nSPS) is 18.6. The van der Waals surface area contributed by atoms with E-state index in [9.17, 15) is 4.39 Å². The maximum absolute atomic E-state index is 14.0. The van der Waals surface area contributed by atoms with Crippen molar-refractivity contribution in [2.45, 2.75) is 25.3 Å². The molecule has 1 unspecified atom stereocenters. The van der Waals surface area contributed by atoms with Gasteiger partial charge in [0.2, 0.25) is 0 Å². The Morgan fingerprint density at radius 1 is 1.44 bits per heavy atom. The van der Waals surface area contributed by atoms with Crippen LogP contribution in [0.4, 0.5) is 4.39 Å². The smallest absolute Gasteiger partial charge is 0.168 e. The Bertz CT molecular complexity index is 391. The van der Waals surface area contributed by atoms with Gasteiger partial charge in [0.25, 0.3) is 0 Å². The summed E-state index contributed by atoms with van der Waals surface area (Å²) in [6, 6.07) is 5.18. The molecule has 1 heterocycles. The van der Waals surface area contributed by atoms with Gasteiger partial charge in [0.1, 0.15) is 0 Å². The Kier molecular flexibility index (Phi) is 4.55. The zero-order chi connectivity index (χ0) is 13.0. The van der Waals surface area contributed by atoms with Crippen LogP contribution in [0, 0.1) is 11.7 Å². The molecule has 1 aliphatic heterocycles. The minimum absolute atomic E-state index is 0.0180. The number of methoxy groups -OCH3 is 1. The first-order valence-corrected chi connectivity index (χ1v) is 6.37. The molecule has 2 rings (SSSR count). The molecular weight excluding hydrogens is 233 g/mol. The van der Waals surface area contributed by atoms with Crippen molar-refractivity contribution in [3.63, 3.8) is 0 Å². The molecule has 0 saturated carbocycles. The number of hydrogen-bond donors (Lipinski definition) is 1. The predicted octanol–water partition coefficient (Wildman–Crippen LogP) is 2.13. The fourth-order valence-corrected chi connectivity index (χ4v) is 2.44. The second-order valence-corrected chi connectivity index (χ2v) is 4.75. The van der Waals surface area contributed by atoms with Crippen LogP contribution in [0.5, 0.6) is 5.75 Å². The van der Waals surface area contributed by atoms with Gasteiger partial charge in [-0.1, -0.05) is 12.1 Å². The van der Waals surface area contributed by atoms with Crippen molar-refractivity contribution in [2.24, 2.45) is 11.7 Å². The molecule has 100 valence electrons. The molecule has 4 heteroatoms. The Labute approximate surface area is 107 Å². The molecule has 0 aliphatic carbocycles. The molecule has 0 bridgehead atoms. The molecule has 0 spiro atoms. The maximum atomic E-state index is 14.0. The molecule has 1 aromatic rings. The van der Waals surface area contributed by atoms with Crippen molar-refractivity contribution in [1.82, 2.24) is 0 Å². The highest BCUT2D eigenvalue weighted by Crippen LogP contribution is 2.24. The Morgan fingerprint density at radius 2 is 2.17 bits per heavy atom. The van der Waals surface area contributed by atoms with Gasteiger partial charge in [0, 0.05) is 19.3 Å². The lowest BCUT2D eigenvalue weighted by Crippen LogP contribution is -2.36. The molecule has 18 heavy (non-hydrogen) atoms. The molecule has 1 fully saturated rings. The fourth-order valence-electron chi connectivity index (χ4n) is 2.44. The second kappa shape index (κ2) is 6.16. The van der Waals surface area contributed by atoms with E-state index in [-0.39, 0.29) is 17.6 Å². The molecule has 1 atom stereocenters. The van der Waals surface area contributed by atoms with E-state index in [1.54, 1.807) is 18.2 Å². The summed E-state index contributed by atoms with van der Waals surface area (Å²) in [4.78, 5) is 0. The van der Waals surface area contributed by atoms with E-state index in [1.165, 1.54) is 7.11 Å². The standard InChI is InChI=1S/C14H20FNO2/c1-17-13-4-2-3-11(14(13)15)9-12(16)10-5-7-18-8-6-10/h2-4,10,12H,5-9,16H2,1H3. The third-order valence-electron chi connectivity index (χ3n) is 3.59. The van der Waals surface area contributed by atoms with Crippen molar-refractivity contribution in [1.29, 1.82) is 0 Å². The Hall–Kier alpha value is -1.13. The van der Waals surface area contributed by atoms with E-state index >= 15 is 0 Å². The number of hydrogen-bond acceptors (Lipinski definition) is 3. The molecule has 3 nitrogen and oxygen atoms in total. The first kappa shape index (κ1) is 13.3. The lowest BCUT2D eigenvalue weighted by molar-refractivity contribution is 0.0584. The van der Waals surface area contributed by atoms with Crippen LogP contribution in [0.25, 0.3) is 0 Å². The quantitative estimate of drug-likeness (QED) is 0.894. The molecule has 0 aromatic heterocycles. The van der Waals surface area contributed by atoms with E-state index < -0.39 is 0 Å². The topological polar surface area (TPSA) is 44.5 Å². The first-order valence-electron chi connectivity index (χ1n) is 6.37. The van der Waals surface area contributed by atoms with Gasteiger partial charge >= 0.3 is 0 Å². The summed E-state index contributed by atoms with van der Waals surface area (Å²) in [7, 11) is 1.47. The molecule has 0 radical (unpaired) electrons. The second-order valence-electron chi connectivity index (χ2n) is 4.75. The Morgan fingerprint density at radius 3 is 2.83 bits per heavy atom. The summed E-state index contributed by atoms with van der Waals surface area (Å²) in [5.74, 6) is 0.415. The molecule has 1 aliphatic rings. The predicted molar refractivity (Wildman–Crippen MR) is 68.2 cm³/mol. The lowest BCUT2D eigenvalue weighted by Gasteiger charge is -2.27. The van der Waals surface area contributed by atoms with Crippen molar-refractivity contribution in [3.8, 4) is 5.75 Å². The van der Waals surface area contributed by atoms with Crippen LogP contribution in [-0.2, 0) is 11.2 Å². The number of benzene rings is 1. The summed E-state index contributed by atoms with van der Waals surface area (Å²) in [5.41, 5.74) is 6.81. The summed E-state index contributed by atoms with van der Waals surface area (Å²) in [6.07, 6.45) is 2.48. The number of ether oxygens (including phenoxy) is 2. The van der Waals surface area contributed by atoms with Crippen molar-refractivity contribution < 1.29 is 13.9 Å². The summed E-state index contributed by atoms with van der Waals surface area (Å²) < 4.78 is 24.3. The maximum Gasteiger partial charge on any atom is 0.168 e. The molecule has 0 amide bonds. The molecule has 2 N–H and O–H groups in total. The van der Waals surface area contributed by atoms with E-state index in [0.29, 0.717) is 17.9 Å². The van der Waals surface area contributed by atoms with Crippen LogP contribution in [0.2, 0.25) is 0 Å². The van der Waals surface area contributed by atoms with Gasteiger partial charge in [-0.3, -0.25) is 0 Å². The van der Waals surface area contributed by atoms with E-state index in [1.807, 2.05) is 0 Å². The number of halogens is 1. The highest BCUT2D eigenvalue weighted by Gasteiger charge is 2.22. The minimum Gasteiger partial charge on any atom is -0.494 e. The molecule has 1 saturated heterocycles. The SMILES string of the molecule is COc1cccc(CC(N)C2CCOCC2)c1F. The minimum atomic E-state index is -0.289. The fraction of sp³-hybridized carbons (Fsp3) is 0.571. The van der Waals surface area contributed by atoms with Gasteiger partial charge in [-0.15, -0.1) is 0 Å². The largest absolute Gasteiger partial charge is 0.494 e. The van der Waals surface area contributed by atoms with Gasteiger partial charge in [-0.2, -0.15) is 0 Å². The highest BCUT2D eigenvalue weighted by atomic mass is 19.1. The van der Waals surface area contributed by atoms with Gasteiger partial charge in [0.05, 0.1) is 7.11 Å². The van der Waals surface area contributed by atoms with Crippen molar-refractivity contribution >= 4 is 0 Å². The van der Waals surface area contributed by atoms with Crippen LogP contribution in [0.1, 0.15) is 18.4 Å². The van der Waals surface area contributed by atoms with Crippen LogP contribution in [-0.4, -0.2) is 26.4 Å². The van der Waals surface area contributed by atoms with Gasteiger partial charge in [-0.25, -0.2) is 4.39 Å². The van der Waals surface area contributed by atoms with E-state index in [2.05, 4.69) is 0 Å². The highest BCUT2D eigenvalue weighted by molar-refractivity contribution is 5.31. The lowest BCUT2D eigenvalue weighted by atomic mass is 9.88. The molecule has 1 aromatic carbocycles. The van der Waals surface area contributed by atoms with Gasteiger partial charge < -0.3 is 15.2 Å². The third-order valence-corrected chi connectivity index (χ3v) is 3.59. The summed E-state index contributed by atoms with van der Waals surface area (Å²) in [5, 5.41) is 0. The number of rotatable bonds is 4.